The number of hydrogen-bond donors (Lipinski definition) is 2. The molecule has 1 fully saturated rings. The molecule has 0 bridgehead atoms. The lowest BCUT2D eigenvalue weighted by Gasteiger charge is -2.44. The summed E-state index contributed by atoms with van der Waals surface area (Å²) in [7, 11) is 1.56. The van der Waals surface area contributed by atoms with E-state index in [1.165, 1.54) is 0 Å². The molecule has 0 unspecified atom stereocenters. The zero-order chi connectivity index (χ0) is 24.8. The Hall–Kier alpha value is -2.55. The Kier molecular flexibility index (Phi) is 8.70. The first-order valence-corrected chi connectivity index (χ1v) is 12.2. The minimum absolute atomic E-state index is 0.00176. The number of pyridine rings is 1. The molecule has 7 nitrogen and oxygen atoms in total. The van der Waals surface area contributed by atoms with Crippen LogP contribution in [0.1, 0.15) is 23.3 Å². The van der Waals surface area contributed by atoms with Gasteiger partial charge in [-0.2, -0.15) is 0 Å². The van der Waals surface area contributed by atoms with Gasteiger partial charge in [0.1, 0.15) is 12.4 Å². The van der Waals surface area contributed by atoms with Crippen molar-refractivity contribution >= 4 is 28.9 Å². The molecule has 1 aliphatic rings. The Morgan fingerprint density at radius 2 is 1.89 bits per heavy atom. The molecule has 0 radical (unpaired) electrons. The number of hydrogen-bond acceptors (Lipinski definition) is 7. The predicted octanol–water partition coefficient (Wildman–Crippen LogP) is 4.37. The van der Waals surface area contributed by atoms with Crippen molar-refractivity contribution in [1.82, 2.24) is 9.88 Å². The number of methoxy groups -OCH3 is 1. The Bertz CT molecular complexity index is 1120. The standard InChI is InChI=1S/C26H29Cl2N3O4/c1-34-26-14-19(8-9-29-26)25(33)17-30-10-11-31(24(16-30)18-2-4-20(27)5-3-18)23-7-6-21(15-22(23)28)35-13-12-32/h2-9,14-15,24-25,32-33H,10-13,16-17H2,1H3/t24-,25+/m0/s1. The number of β-amino-alcohol motifs (C(OH)–C–C–N with tert-alkyl or cyclic N) is 1. The first-order valence-electron chi connectivity index (χ1n) is 11.4. The molecule has 1 aliphatic heterocycles. The molecular weight excluding hydrogens is 489 g/mol. The Morgan fingerprint density at radius 1 is 1.09 bits per heavy atom. The zero-order valence-electron chi connectivity index (χ0n) is 19.5. The highest BCUT2D eigenvalue weighted by molar-refractivity contribution is 6.33. The van der Waals surface area contributed by atoms with Crippen LogP contribution in [0.3, 0.4) is 0 Å². The molecule has 3 aromatic rings. The quantitative estimate of drug-likeness (QED) is 0.436. The first-order chi connectivity index (χ1) is 17.0. The van der Waals surface area contributed by atoms with Gasteiger partial charge in [-0.1, -0.05) is 35.3 Å². The van der Waals surface area contributed by atoms with Crippen molar-refractivity contribution in [2.45, 2.75) is 12.1 Å². The van der Waals surface area contributed by atoms with Crippen LogP contribution in [0.15, 0.2) is 60.8 Å². The fraction of sp³-hybridized carbons (Fsp3) is 0.346. The third-order valence-corrected chi connectivity index (χ3v) is 6.65. The van der Waals surface area contributed by atoms with Crippen molar-refractivity contribution in [2.24, 2.45) is 0 Å². The summed E-state index contributed by atoms with van der Waals surface area (Å²) < 4.78 is 10.7. The second kappa shape index (κ2) is 11.9. The molecular formula is C26H29Cl2N3O4. The van der Waals surface area contributed by atoms with Crippen molar-refractivity contribution in [3.8, 4) is 11.6 Å². The highest BCUT2D eigenvalue weighted by Gasteiger charge is 2.31. The molecule has 2 N–H and O–H groups in total. The SMILES string of the molecule is COc1cc([C@H](O)CN2CCN(c3ccc(OCCO)cc3Cl)[C@H](c3ccc(Cl)cc3)C2)ccn1. The number of nitrogens with zero attached hydrogens (tertiary/aromatic N) is 3. The van der Waals surface area contributed by atoms with E-state index in [1.807, 2.05) is 36.4 Å². The van der Waals surface area contributed by atoms with Gasteiger partial charge in [0.05, 0.1) is 36.6 Å². The van der Waals surface area contributed by atoms with Gasteiger partial charge in [0.2, 0.25) is 5.88 Å². The van der Waals surface area contributed by atoms with Crippen LogP contribution in [-0.4, -0.2) is 66.6 Å². The third-order valence-electron chi connectivity index (χ3n) is 6.09. The number of anilines is 1. The molecule has 0 spiro atoms. The topological polar surface area (TPSA) is 78.3 Å². The largest absolute Gasteiger partial charge is 0.491 e. The predicted molar refractivity (Wildman–Crippen MR) is 138 cm³/mol. The lowest BCUT2D eigenvalue weighted by Crippen LogP contribution is -2.49. The summed E-state index contributed by atoms with van der Waals surface area (Å²) >= 11 is 12.8. The third kappa shape index (κ3) is 6.37. The van der Waals surface area contributed by atoms with E-state index in [0.717, 1.165) is 29.9 Å². The van der Waals surface area contributed by atoms with Gasteiger partial charge >= 0.3 is 0 Å². The number of rotatable bonds is 9. The highest BCUT2D eigenvalue weighted by atomic mass is 35.5. The summed E-state index contributed by atoms with van der Waals surface area (Å²) in [6, 6.07) is 17.0. The minimum Gasteiger partial charge on any atom is -0.491 e. The molecule has 2 heterocycles. The zero-order valence-corrected chi connectivity index (χ0v) is 21.0. The minimum atomic E-state index is -0.670. The molecule has 1 saturated heterocycles. The molecule has 0 aliphatic carbocycles. The highest BCUT2D eigenvalue weighted by Crippen LogP contribution is 2.37. The van der Waals surface area contributed by atoms with Gasteiger partial charge in [0.25, 0.3) is 0 Å². The van der Waals surface area contributed by atoms with Crippen molar-refractivity contribution in [2.75, 3.05) is 51.4 Å². The molecule has 4 rings (SSSR count). The van der Waals surface area contributed by atoms with Crippen molar-refractivity contribution in [3.05, 3.63) is 82.0 Å². The summed E-state index contributed by atoms with van der Waals surface area (Å²) in [6.07, 6.45) is 0.970. The van der Waals surface area contributed by atoms with Crippen molar-refractivity contribution in [3.63, 3.8) is 0 Å². The maximum absolute atomic E-state index is 10.9. The molecule has 0 saturated carbocycles. The van der Waals surface area contributed by atoms with Crippen LogP contribution in [0.4, 0.5) is 5.69 Å². The maximum atomic E-state index is 10.9. The van der Waals surface area contributed by atoms with Gasteiger partial charge in [-0.05, 0) is 41.5 Å². The van der Waals surface area contributed by atoms with Crippen molar-refractivity contribution in [1.29, 1.82) is 0 Å². The number of piperazine rings is 1. The van der Waals surface area contributed by atoms with Gasteiger partial charge in [0.15, 0.2) is 0 Å². The number of ether oxygens (including phenoxy) is 2. The van der Waals surface area contributed by atoms with Crippen LogP contribution in [0.25, 0.3) is 0 Å². The molecule has 2 aromatic carbocycles. The van der Waals surface area contributed by atoms with Crippen LogP contribution in [-0.2, 0) is 0 Å². The Labute approximate surface area is 215 Å². The molecule has 0 amide bonds. The Morgan fingerprint density at radius 3 is 2.60 bits per heavy atom. The van der Waals surface area contributed by atoms with Crippen LogP contribution in [0.5, 0.6) is 11.6 Å². The number of aliphatic hydroxyl groups is 2. The number of aromatic nitrogens is 1. The van der Waals surface area contributed by atoms with Crippen LogP contribution in [0.2, 0.25) is 10.0 Å². The van der Waals surface area contributed by atoms with E-state index in [-0.39, 0.29) is 19.3 Å². The molecule has 2 atom stereocenters. The summed E-state index contributed by atoms with van der Waals surface area (Å²) in [4.78, 5) is 8.65. The van der Waals surface area contributed by atoms with Crippen molar-refractivity contribution < 1.29 is 19.7 Å². The van der Waals surface area contributed by atoms with Gasteiger partial charge in [-0.15, -0.1) is 0 Å². The van der Waals surface area contributed by atoms with E-state index < -0.39 is 6.10 Å². The number of benzene rings is 2. The average molecular weight is 518 g/mol. The van der Waals surface area contributed by atoms with E-state index in [9.17, 15) is 5.11 Å². The monoisotopic (exact) mass is 517 g/mol. The van der Waals surface area contributed by atoms with Gasteiger partial charge in [0, 0.05) is 49.5 Å². The number of halogens is 2. The molecule has 186 valence electrons. The summed E-state index contributed by atoms with van der Waals surface area (Å²) in [5, 5.41) is 21.2. The lowest BCUT2D eigenvalue weighted by atomic mass is 10.0. The summed E-state index contributed by atoms with van der Waals surface area (Å²) in [5.74, 6) is 1.09. The Balaban J connectivity index is 1.55. The van der Waals surface area contributed by atoms with E-state index in [0.29, 0.717) is 34.8 Å². The van der Waals surface area contributed by atoms with Crippen LogP contribution >= 0.6 is 23.2 Å². The fourth-order valence-electron chi connectivity index (χ4n) is 4.33. The van der Waals surface area contributed by atoms with Gasteiger partial charge < -0.3 is 24.6 Å². The van der Waals surface area contributed by atoms with E-state index in [1.54, 1.807) is 31.5 Å². The van der Waals surface area contributed by atoms with Gasteiger partial charge in [-0.3, -0.25) is 4.90 Å². The van der Waals surface area contributed by atoms with Crippen LogP contribution < -0.4 is 14.4 Å². The second-order valence-corrected chi connectivity index (χ2v) is 9.20. The second-order valence-electron chi connectivity index (χ2n) is 8.35. The fourth-order valence-corrected chi connectivity index (χ4v) is 4.74. The molecule has 35 heavy (non-hydrogen) atoms. The average Bonchev–Trinajstić information content (AvgIpc) is 2.88. The number of aliphatic hydroxyl groups excluding tert-OH is 2. The maximum Gasteiger partial charge on any atom is 0.213 e. The smallest absolute Gasteiger partial charge is 0.213 e. The molecule has 1 aromatic heterocycles. The first kappa shape index (κ1) is 25.5. The lowest BCUT2D eigenvalue weighted by molar-refractivity contribution is 0.100. The normalized spacial score (nSPS) is 17.3. The summed E-state index contributed by atoms with van der Waals surface area (Å²) in [6.45, 7) is 2.80. The van der Waals surface area contributed by atoms with E-state index >= 15 is 0 Å². The summed E-state index contributed by atoms with van der Waals surface area (Å²) in [5.41, 5.74) is 2.78. The van der Waals surface area contributed by atoms with E-state index in [2.05, 4.69) is 14.8 Å². The van der Waals surface area contributed by atoms with E-state index in [4.69, 9.17) is 37.8 Å². The van der Waals surface area contributed by atoms with Gasteiger partial charge in [-0.25, -0.2) is 4.98 Å². The van der Waals surface area contributed by atoms with Crippen LogP contribution in [0, 0.1) is 0 Å². The molecule has 9 heteroatoms.